The Morgan fingerprint density at radius 1 is 1.14 bits per heavy atom. The minimum Gasteiger partial charge on any atom is -0.350 e. The van der Waals surface area contributed by atoms with Crippen molar-refractivity contribution in [3.63, 3.8) is 0 Å². The third-order valence-electron chi connectivity index (χ3n) is 3.42. The van der Waals surface area contributed by atoms with Gasteiger partial charge in [0.05, 0.1) is 16.6 Å². The molecule has 0 aliphatic carbocycles. The molecule has 1 aromatic heterocycles. The number of halogens is 1. The van der Waals surface area contributed by atoms with Gasteiger partial charge in [-0.15, -0.1) is 0 Å². The number of imidazole rings is 1. The van der Waals surface area contributed by atoms with E-state index in [-0.39, 0.29) is 11.6 Å². The first-order valence-corrected chi connectivity index (χ1v) is 7.66. The van der Waals surface area contributed by atoms with Gasteiger partial charge in [-0.3, -0.25) is 9.36 Å². The Labute approximate surface area is 135 Å². The van der Waals surface area contributed by atoms with Crippen LogP contribution < -0.4 is 11.0 Å². The van der Waals surface area contributed by atoms with Gasteiger partial charge < -0.3 is 10.3 Å². The molecule has 3 rings (SSSR count). The second kappa shape index (κ2) is 6.19. The summed E-state index contributed by atoms with van der Waals surface area (Å²) in [5.41, 5.74) is 2.04. The molecule has 3 aromatic rings. The van der Waals surface area contributed by atoms with Crippen molar-refractivity contribution >= 4 is 32.9 Å². The Morgan fingerprint density at radius 2 is 1.86 bits per heavy atom. The number of fused-ring (bicyclic) bond motifs is 1. The second-order valence-electron chi connectivity index (χ2n) is 4.83. The van der Waals surface area contributed by atoms with E-state index in [1.54, 1.807) is 10.6 Å². The first kappa shape index (κ1) is 14.6. The Kier molecular flexibility index (Phi) is 4.11. The Morgan fingerprint density at radius 3 is 2.68 bits per heavy atom. The van der Waals surface area contributed by atoms with E-state index in [1.165, 1.54) is 0 Å². The van der Waals surface area contributed by atoms with E-state index >= 15 is 0 Å². The highest BCUT2D eigenvalue weighted by Crippen LogP contribution is 2.15. The molecule has 0 saturated carbocycles. The summed E-state index contributed by atoms with van der Waals surface area (Å²) < 4.78 is 2.37. The maximum absolute atomic E-state index is 12.1. The molecule has 5 nitrogen and oxygen atoms in total. The fourth-order valence-electron chi connectivity index (χ4n) is 2.35. The summed E-state index contributed by atoms with van der Waals surface area (Å²) in [6.07, 6.45) is 0. The number of H-pyrrole nitrogens is 1. The summed E-state index contributed by atoms with van der Waals surface area (Å²) in [4.78, 5) is 26.8. The minimum atomic E-state index is -0.170. The molecule has 0 atom stereocenters. The van der Waals surface area contributed by atoms with Gasteiger partial charge in [0.2, 0.25) is 0 Å². The van der Waals surface area contributed by atoms with Gasteiger partial charge in [0.1, 0.15) is 0 Å². The third kappa shape index (κ3) is 2.82. The van der Waals surface area contributed by atoms with Crippen LogP contribution in [0.15, 0.2) is 57.8 Å². The molecule has 0 spiro atoms. The van der Waals surface area contributed by atoms with E-state index in [0.717, 1.165) is 15.5 Å². The van der Waals surface area contributed by atoms with Crippen LogP contribution in [0.25, 0.3) is 11.0 Å². The van der Waals surface area contributed by atoms with Gasteiger partial charge in [0, 0.05) is 17.6 Å². The third-order valence-corrected chi connectivity index (χ3v) is 4.11. The van der Waals surface area contributed by atoms with Gasteiger partial charge in [-0.05, 0) is 40.2 Å². The summed E-state index contributed by atoms with van der Waals surface area (Å²) in [6, 6.07) is 14.7. The molecule has 6 heteroatoms. The van der Waals surface area contributed by atoms with Crippen LogP contribution in [0.5, 0.6) is 0 Å². The Bertz CT molecular complexity index is 882. The number of amides is 1. The topological polar surface area (TPSA) is 66.9 Å². The van der Waals surface area contributed by atoms with Crippen molar-refractivity contribution < 1.29 is 4.79 Å². The van der Waals surface area contributed by atoms with Gasteiger partial charge in [0.15, 0.2) is 0 Å². The van der Waals surface area contributed by atoms with E-state index in [9.17, 15) is 9.59 Å². The molecule has 0 aliphatic heterocycles. The standard InChI is InChI=1S/C16H14BrN3O2/c17-12-6-2-1-5-11(12)15(21)18-9-10-20-14-8-4-3-7-13(14)19-16(20)22/h1-8H,9-10H2,(H,18,21)(H,19,22). The maximum atomic E-state index is 12.1. The van der Waals surface area contributed by atoms with Crippen molar-refractivity contribution in [3.05, 3.63) is 69.1 Å². The molecule has 0 unspecified atom stereocenters. The highest BCUT2D eigenvalue weighted by Gasteiger charge is 2.09. The lowest BCUT2D eigenvalue weighted by Crippen LogP contribution is -2.30. The summed E-state index contributed by atoms with van der Waals surface area (Å²) in [6.45, 7) is 0.793. The fraction of sp³-hybridized carbons (Fsp3) is 0.125. The number of para-hydroxylation sites is 2. The number of hydrogen-bond donors (Lipinski definition) is 2. The van der Waals surface area contributed by atoms with Crippen molar-refractivity contribution in [2.24, 2.45) is 0 Å². The molecule has 0 fully saturated rings. The lowest BCUT2D eigenvalue weighted by molar-refractivity contribution is 0.0951. The van der Waals surface area contributed by atoms with Crippen LogP contribution in [0.1, 0.15) is 10.4 Å². The summed E-state index contributed by atoms with van der Waals surface area (Å²) in [7, 11) is 0. The Hall–Kier alpha value is -2.34. The predicted molar refractivity (Wildman–Crippen MR) is 89.0 cm³/mol. The zero-order valence-electron chi connectivity index (χ0n) is 11.7. The van der Waals surface area contributed by atoms with E-state index in [4.69, 9.17) is 0 Å². The van der Waals surface area contributed by atoms with E-state index in [1.807, 2.05) is 42.5 Å². The maximum Gasteiger partial charge on any atom is 0.326 e. The van der Waals surface area contributed by atoms with Crippen LogP contribution in [0.3, 0.4) is 0 Å². The average Bonchev–Trinajstić information content (AvgIpc) is 2.83. The normalized spacial score (nSPS) is 10.8. The van der Waals surface area contributed by atoms with Crippen LogP contribution in [0.4, 0.5) is 0 Å². The highest BCUT2D eigenvalue weighted by atomic mass is 79.9. The zero-order valence-corrected chi connectivity index (χ0v) is 13.3. The lowest BCUT2D eigenvalue weighted by Gasteiger charge is -2.07. The number of rotatable bonds is 4. The largest absolute Gasteiger partial charge is 0.350 e. The van der Waals surface area contributed by atoms with Gasteiger partial charge in [0.25, 0.3) is 5.91 Å². The van der Waals surface area contributed by atoms with Gasteiger partial charge in [-0.2, -0.15) is 0 Å². The van der Waals surface area contributed by atoms with Crippen molar-refractivity contribution in [3.8, 4) is 0 Å². The number of nitrogens with one attached hydrogen (secondary N) is 2. The van der Waals surface area contributed by atoms with Crippen molar-refractivity contribution in [2.45, 2.75) is 6.54 Å². The number of nitrogens with zero attached hydrogens (tertiary/aromatic N) is 1. The van der Waals surface area contributed by atoms with E-state index in [2.05, 4.69) is 26.2 Å². The second-order valence-corrected chi connectivity index (χ2v) is 5.69. The molecular weight excluding hydrogens is 346 g/mol. The molecule has 22 heavy (non-hydrogen) atoms. The van der Waals surface area contributed by atoms with Gasteiger partial charge in [-0.1, -0.05) is 24.3 Å². The highest BCUT2D eigenvalue weighted by molar-refractivity contribution is 9.10. The smallest absolute Gasteiger partial charge is 0.326 e. The first-order valence-electron chi connectivity index (χ1n) is 6.87. The summed E-state index contributed by atoms with van der Waals surface area (Å²) in [5, 5.41) is 2.83. The van der Waals surface area contributed by atoms with Crippen molar-refractivity contribution in [2.75, 3.05) is 6.54 Å². The fourth-order valence-corrected chi connectivity index (χ4v) is 2.82. The Balaban J connectivity index is 1.70. The molecule has 1 amide bonds. The number of aromatic amines is 1. The monoisotopic (exact) mass is 359 g/mol. The molecule has 1 heterocycles. The molecule has 112 valence electrons. The van der Waals surface area contributed by atoms with Crippen LogP contribution in [-0.2, 0) is 6.54 Å². The quantitative estimate of drug-likeness (QED) is 0.751. The number of carbonyl (C=O) groups is 1. The van der Waals surface area contributed by atoms with Crippen LogP contribution >= 0.6 is 15.9 Å². The molecule has 0 saturated heterocycles. The molecule has 0 aliphatic rings. The van der Waals surface area contributed by atoms with Crippen molar-refractivity contribution in [1.82, 2.24) is 14.9 Å². The average molecular weight is 360 g/mol. The molecule has 0 bridgehead atoms. The van der Waals surface area contributed by atoms with Gasteiger partial charge >= 0.3 is 5.69 Å². The molecular formula is C16H14BrN3O2. The predicted octanol–water partition coefficient (Wildman–Crippen LogP) is 2.52. The van der Waals surface area contributed by atoms with Crippen LogP contribution in [-0.4, -0.2) is 22.0 Å². The number of benzene rings is 2. The molecule has 2 aromatic carbocycles. The minimum absolute atomic E-state index is 0.166. The van der Waals surface area contributed by atoms with Crippen LogP contribution in [0.2, 0.25) is 0 Å². The first-order chi connectivity index (χ1) is 10.7. The van der Waals surface area contributed by atoms with Crippen molar-refractivity contribution in [1.29, 1.82) is 0 Å². The van der Waals surface area contributed by atoms with Crippen LogP contribution in [0, 0.1) is 0 Å². The lowest BCUT2D eigenvalue weighted by atomic mass is 10.2. The van der Waals surface area contributed by atoms with E-state index in [0.29, 0.717) is 18.7 Å². The number of hydrogen-bond acceptors (Lipinski definition) is 2. The summed E-state index contributed by atoms with van der Waals surface area (Å²) in [5.74, 6) is -0.166. The number of aromatic nitrogens is 2. The summed E-state index contributed by atoms with van der Waals surface area (Å²) >= 11 is 3.35. The number of carbonyl (C=O) groups excluding carboxylic acids is 1. The van der Waals surface area contributed by atoms with Gasteiger partial charge in [-0.25, -0.2) is 4.79 Å². The molecule has 2 N–H and O–H groups in total. The zero-order chi connectivity index (χ0) is 15.5. The van der Waals surface area contributed by atoms with E-state index < -0.39 is 0 Å². The molecule has 0 radical (unpaired) electrons. The SMILES string of the molecule is O=C(NCCn1c(=O)[nH]c2ccccc21)c1ccccc1Br.